The number of halogens is 3. The summed E-state index contributed by atoms with van der Waals surface area (Å²) in [6, 6.07) is 0. The molecule has 5 nitrogen and oxygen atoms in total. The van der Waals surface area contributed by atoms with Crippen molar-refractivity contribution in [2.45, 2.75) is 32.5 Å². The molecular weight excluding hydrogens is 267 g/mol. The number of carbonyl (C=O) groups excluding carboxylic acids is 1. The number of aliphatic carboxylic acids is 1. The fourth-order valence-corrected chi connectivity index (χ4v) is 1.86. The van der Waals surface area contributed by atoms with E-state index in [9.17, 15) is 22.8 Å². The van der Waals surface area contributed by atoms with Gasteiger partial charge in [-0.15, -0.1) is 0 Å². The predicted molar refractivity (Wildman–Crippen MR) is 58.5 cm³/mol. The highest BCUT2D eigenvalue weighted by atomic mass is 19.4. The molecule has 1 saturated heterocycles. The zero-order chi connectivity index (χ0) is 15.0. The Morgan fingerprint density at radius 1 is 1.21 bits per heavy atom. The van der Waals surface area contributed by atoms with Gasteiger partial charge in [0.2, 0.25) is 0 Å². The number of hydrogen-bond donors (Lipinski definition) is 1. The first-order valence-corrected chi connectivity index (χ1v) is 5.69. The van der Waals surface area contributed by atoms with Crippen LogP contribution in [0.4, 0.5) is 18.0 Å². The van der Waals surface area contributed by atoms with E-state index in [1.54, 1.807) is 20.8 Å². The molecule has 1 fully saturated rings. The van der Waals surface area contributed by atoms with Crippen molar-refractivity contribution in [2.75, 3.05) is 13.1 Å². The van der Waals surface area contributed by atoms with E-state index in [0.29, 0.717) is 0 Å². The summed E-state index contributed by atoms with van der Waals surface area (Å²) in [5, 5.41) is 8.80. The summed E-state index contributed by atoms with van der Waals surface area (Å²) in [5.74, 6) is -5.27. The van der Waals surface area contributed by atoms with Gasteiger partial charge in [0.05, 0.1) is 11.8 Å². The molecule has 0 aromatic carbocycles. The Labute approximate surface area is 108 Å². The molecule has 0 bridgehead atoms. The van der Waals surface area contributed by atoms with Gasteiger partial charge in [0.1, 0.15) is 5.60 Å². The highest BCUT2D eigenvalue weighted by Gasteiger charge is 2.54. The molecule has 8 heteroatoms. The van der Waals surface area contributed by atoms with Crippen LogP contribution in [0.1, 0.15) is 20.8 Å². The minimum atomic E-state index is -4.65. The number of hydrogen-bond acceptors (Lipinski definition) is 3. The summed E-state index contributed by atoms with van der Waals surface area (Å²) in [6.45, 7) is 3.56. The standard InChI is InChI=1S/C11H16F3NO4/c1-10(2,3)19-9(18)15-4-6(8(16)17)7(5-15)11(12,13)14/h6-7H,4-5H2,1-3H3,(H,16,17)/t6-,7-/m1/s1. The van der Waals surface area contributed by atoms with Crippen LogP contribution in [0.3, 0.4) is 0 Å². The third kappa shape index (κ3) is 4.00. The van der Waals surface area contributed by atoms with Gasteiger partial charge in [-0.05, 0) is 20.8 Å². The van der Waals surface area contributed by atoms with Gasteiger partial charge in [-0.25, -0.2) is 4.79 Å². The zero-order valence-corrected chi connectivity index (χ0v) is 10.8. The highest BCUT2D eigenvalue weighted by molar-refractivity contribution is 5.74. The molecular formula is C11H16F3NO4. The molecule has 0 aliphatic carbocycles. The van der Waals surface area contributed by atoms with E-state index in [-0.39, 0.29) is 0 Å². The van der Waals surface area contributed by atoms with Crippen molar-refractivity contribution in [1.29, 1.82) is 0 Å². The number of carboxylic acid groups (broad SMARTS) is 1. The fraction of sp³-hybridized carbons (Fsp3) is 0.818. The lowest BCUT2D eigenvalue weighted by molar-refractivity contribution is -0.188. The first kappa shape index (κ1) is 15.6. The maximum Gasteiger partial charge on any atom is 0.410 e. The van der Waals surface area contributed by atoms with Gasteiger partial charge in [-0.2, -0.15) is 13.2 Å². The molecule has 1 N–H and O–H groups in total. The number of amides is 1. The predicted octanol–water partition coefficient (Wildman–Crippen LogP) is 2.12. The smallest absolute Gasteiger partial charge is 0.410 e. The van der Waals surface area contributed by atoms with E-state index in [4.69, 9.17) is 9.84 Å². The molecule has 0 spiro atoms. The first-order chi connectivity index (χ1) is 8.42. The second kappa shape index (κ2) is 4.90. The molecule has 110 valence electrons. The van der Waals surface area contributed by atoms with E-state index < -0.39 is 48.8 Å². The Balaban J connectivity index is 2.81. The van der Waals surface area contributed by atoms with Crippen LogP contribution in [0.5, 0.6) is 0 Å². The Morgan fingerprint density at radius 3 is 2.05 bits per heavy atom. The van der Waals surface area contributed by atoms with Crippen LogP contribution >= 0.6 is 0 Å². The van der Waals surface area contributed by atoms with Crippen LogP contribution in [-0.4, -0.2) is 46.9 Å². The maximum absolute atomic E-state index is 12.7. The van der Waals surface area contributed by atoms with Crippen LogP contribution in [0, 0.1) is 11.8 Å². The molecule has 0 unspecified atom stereocenters. The van der Waals surface area contributed by atoms with E-state index in [2.05, 4.69) is 0 Å². The molecule has 1 amide bonds. The lowest BCUT2D eigenvalue weighted by Gasteiger charge is -2.24. The number of alkyl halides is 3. The van der Waals surface area contributed by atoms with Crippen LogP contribution in [0.15, 0.2) is 0 Å². The Hall–Kier alpha value is -1.47. The van der Waals surface area contributed by atoms with Crippen molar-refractivity contribution in [2.24, 2.45) is 11.8 Å². The van der Waals surface area contributed by atoms with Crippen molar-refractivity contribution in [3.63, 3.8) is 0 Å². The zero-order valence-electron chi connectivity index (χ0n) is 10.8. The molecule has 1 heterocycles. The van der Waals surface area contributed by atoms with Gasteiger partial charge in [-0.1, -0.05) is 0 Å². The van der Waals surface area contributed by atoms with E-state index in [0.717, 1.165) is 4.90 Å². The quantitative estimate of drug-likeness (QED) is 0.800. The lowest BCUT2D eigenvalue weighted by Crippen LogP contribution is -2.36. The van der Waals surface area contributed by atoms with Gasteiger partial charge in [0.15, 0.2) is 0 Å². The van der Waals surface area contributed by atoms with Crippen LogP contribution in [-0.2, 0) is 9.53 Å². The minimum absolute atomic E-state index is 0.492. The Bertz CT molecular complexity index is 375. The van der Waals surface area contributed by atoms with Crippen LogP contribution < -0.4 is 0 Å². The minimum Gasteiger partial charge on any atom is -0.481 e. The summed E-state index contributed by atoms with van der Waals surface area (Å²) >= 11 is 0. The normalized spacial score (nSPS) is 24.4. The fourth-order valence-electron chi connectivity index (χ4n) is 1.86. The topological polar surface area (TPSA) is 66.8 Å². The third-order valence-electron chi connectivity index (χ3n) is 2.71. The molecule has 0 radical (unpaired) electrons. The second-order valence-corrected chi connectivity index (χ2v) is 5.48. The molecule has 0 aromatic rings. The molecule has 1 rings (SSSR count). The van der Waals surface area contributed by atoms with Gasteiger partial charge in [0, 0.05) is 13.1 Å². The lowest BCUT2D eigenvalue weighted by atomic mass is 9.96. The van der Waals surface area contributed by atoms with Gasteiger partial charge >= 0.3 is 18.2 Å². The van der Waals surface area contributed by atoms with Crippen molar-refractivity contribution < 1.29 is 32.6 Å². The average molecular weight is 283 g/mol. The average Bonchev–Trinajstić information content (AvgIpc) is 2.57. The largest absolute Gasteiger partial charge is 0.481 e. The Kier molecular flexibility index (Phi) is 4.02. The summed E-state index contributed by atoms with van der Waals surface area (Å²) in [5.41, 5.74) is -0.841. The molecule has 0 saturated carbocycles. The molecule has 19 heavy (non-hydrogen) atoms. The SMILES string of the molecule is CC(C)(C)OC(=O)N1C[C@@H](C(F)(F)F)[C@H](C(=O)O)C1. The van der Waals surface area contributed by atoms with Crippen molar-refractivity contribution in [3.8, 4) is 0 Å². The summed E-state index contributed by atoms with van der Waals surface area (Å²) in [7, 11) is 0. The van der Waals surface area contributed by atoms with Gasteiger partial charge in [0.25, 0.3) is 0 Å². The van der Waals surface area contributed by atoms with Crippen LogP contribution in [0.25, 0.3) is 0 Å². The number of carboxylic acids is 1. The number of carbonyl (C=O) groups is 2. The van der Waals surface area contributed by atoms with E-state index in [1.807, 2.05) is 0 Å². The molecule has 2 atom stereocenters. The molecule has 1 aliphatic rings. The van der Waals surface area contributed by atoms with Crippen molar-refractivity contribution in [3.05, 3.63) is 0 Å². The number of likely N-dealkylation sites (tertiary alicyclic amines) is 1. The summed E-state index contributed by atoms with van der Waals surface area (Å²) in [4.78, 5) is 23.3. The second-order valence-electron chi connectivity index (χ2n) is 5.48. The van der Waals surface area contributed by atoms with Crippen molar-refractivity contribution in [1.82, 2.24) is 4.90 Å². The summed E-state index contributed by atoms with van der Waals surface area (Å²) < 4.78 is 43.0. The van der Waals surface area contributed by atoms with E-state index in [1.165, 1.54) is 0 Å². The first-order valence-electron chi connectivity index (χ1n) is 5.69. The Morgan fingerprint density at radius 2 is 1.74 bits per heavy atom. The third-order valence-corrected chi connectivity index (χ3v) is 2.71. The van der Waals surface area contributed by atoms with Crippen LogP contribution in [0.2, 0.25) is 0 Å². The van der Waals surface area contributed by atoms with Gasteiger partial charge < -0.3 is 14.7 Å². The van der Waals surface area contributed by atoms with Gasteiger partial charge in [-0.3, -0.25) is 4.79 Å². The number of nitrogens with zero attached hydrogens (tertiary/aromatic N) is 1. The summed E-state index contributed by atoms with van der Waals surface area (Å²) in [6.07, 6.45) is -5.58. The molecule has 0 aromatic heterocycles. The monoisotopic (exact) mass is 283 g/mol. The van der Waals surface area contributed by atoms with E-state index >= 15 is 0 Å². The number of rotatable bonds is 1. The maximum atomic E-state index is 12.7. The van der Waals surface area contributed by atoms with Crippen molar-refractivity contribution >= 4 is 12.1 Å². The number of ether oxygens (including phenoxy) is 1. The molecule has 1 aliphatic heterocycles. The highest BCUT2D eigenvalue weighted by Crippen LogP contribution is 2.38.